The van der Waals surface area contributed by atoms with Gasteiger partial charge in [-0.05, 0) is 37.1 Å². The molecule has 1 saturated heterocycles. The molecule has 138 valence electrons. The normalized spacial score (nSPS) is 19.7. The Kier molecular flexibility index (Phi) is 4.32. The van der Waals surface area contributed by atoms with Crippen LogP contribution in [-0.4, -0.2) is 33.8 Å². The van der Waals surface area contributed by atoms with Crippen LogP contribution >= 0.6 is 0 Å². The first-order valence-corrected chi connectivity index (χ1v) is 8.94. The summed E-state index contributed by atoms with van der Waals surface area (Å²) in [5.41, 5.74) is 1.36. The van der Waals surface area contributed by atoms with E-state index in [9.17, 15) is 9.59 Å². The summed E-state index contributed by atoms with van der Waals surface area (Å²) in [5, 5.41) is 0. The maximum Gasteiger partial charge on any atom is 0.330 e. The summed E-state index contributed by atoms with van der Waals surface area (Å²) < 4.78 is 14.0. The number of ether oxygens (including phenoxy) is 2. The van der Waals surface area contributed by atoms with Crippen LogP contribution in [0.15, 0.2) is 33.9 Å². The van der Waals surface area contributed by atoms with E-state index in [1.807, 2.05) is 6.07 Å². The summed E-state index contributed by atoms with van der Waals surface area (Å²) in [6, 6.07) is 7.90. The number of fused-ring (bicyclic) bond motifs is 1. The SMILES string of the molecule is Cn1c(CN2CCC[C@H]2c2ccc3c(c2)OCCO3)cc(=O)n(C)c1=O. The van der Waals surface area contributed by atoms with Crippen molar-refractivity contribution in [3.8, 4) is 11.5 Å². The third-order valence-electron chi connectivity index (χ3n) is 5.31. The van der Waals surface area contributed by atoms with Crippen molar-refractivity contribution in [1.82, 2.24) is 14.0 Å². The van der Waals surface area contributed by atoms with Gasteiger partial charge in [-0.1, -0.05) is 6.07 Å². The lowest BCUT2D eigenvalue weighted by molar-refractivity contribution is 0.170. The molecule has 2 aromatic rings. The number of rotatable bonds is 3. The zero-order chi connectivity index (χ0) is 18.3. The number of benzene rings is 1. The van der Waals surface area contributed by atoms with Crippen LogP contribution in [0.3, 0.4) is 0 Å². The summed E-state index contributed by atoms with van der Waals surface area (Å²) in [6.07, 6.45) is 2.12. The average molecular weight is 357 g/mol. The fourth-order valence-electron chi connectivity index (χ4n) is 3.80. The molecule has 2 aliphatic heterocycles. The molecule has 7 heteroatoms. The molecular weight excluding hydrogens is 334 g/mol. The first-order valence-electron chi connectivity index (χ1n) is 8.94. The predicted molar refractivity (Wildman–Crippen MR) is 96.7 cm³/mol. The van der Waals surface area contributed by atoms with Crippen molar-refractivity contribution < 1.29 is 9.47 Å². The zero-order valence-corrected chi connectivity index (χ0v) is 15.1. The van der Waals surface area contributed by atoms with Gasteiger partial charge in [0, 0.05) is 38.4 Å². The highest BCUT2D eigenvalue weighted by Crippen LogP contribution is 2.38. The molecule has 0 spiro atoms. The first kappa shape index (κ1) is 16.9. The van der Waals surface area contributed by atoms with Crippen LogP contribution in [0.5, 0.6) is 11.5 Å². The molecule has 4 rings (SSSR count). The van der Waals surface area contributed by atoms with E-state index < -0.39 is 0 Å². The summed E-state index contributed by atoms with van der Waals surface area (Å²) in [6.45, 7) is 2.66. The Morgan fingerprint density at radius 2 is 1.81 bits per heavy atom. The van der Waals surface area contributed by atoms with Gasteiger partial charge in [0.05, 0.1) is 0 Å². The van der Waals surface area contributed by atoms with Gasteiger partial charge in [-0.15, -0.1) is 0 Å². The highest BCUT2D eigenvalue weighted by atomic mass is 16.6. The molecule has 3 heterocycles. The minimum atomic E-state index is -0.289. The predicted octanol–water partition coefficient (Wildman–Crippen LogP) is 1.19. The van der Waals surface area contributed by atoms with E-state index >= 15 is 0 Å². The van der Waals surface area contributed by atoms with E-state index in [0.717, 1.165) is 41.1 Å². The fourth-order valence-corrected chi connectivity index (χ4v) is 3.80. The molecule has 0 aliphatic carbocycles. The third-order valence-corrected chi connectivity index (χ3v) is 5.31. The molecule has 1 aromatic heterocycles. The van der Waals surface area contributed by atoms with Crippen molar-refractivity contribution in [3.05, 3.63) is 56.4 Å². The quantitative estimate of drug-likeness (QED) is 0.826. The third kappa shape index (κ3) is 2.92. The number of hydrogen-bond acceptors (Lipinski definition) is 5. The molecule has 0 unspecified atom stereocenters. The lowest BCUT2D eigenvalue weighted by Crippen LogP contribution is -2.39. The van der Waals surface area contributed by atoms with Crippen LogP contribution in [0.2, 0.25) is 0 Å². The van der Waals surface area contributed by atoms with Gasteiger partial charge in [-0.25, -0.2) is 4.79 Å². The van der Waals surface area contributed by atoms with Gasteiger partial charge in [0.1, 0.15) is 13.2 Å². The van der Waals surface area contributed by atoms with Crippen molar-refractivity contribution in [2.75, 3.05) is 19.8 Å². The smallest absolute Gasteiger partial charge is 0.330 e. The van der Waals surface area contributed by atoms with E-state index in [1.165, 1.54) is 12.6 Å². The maximum atomic E-state index is 12.2. The first-order chi connectivity index (χ1) is 12.5. The van der Waals surface area contributed by atoms with Gasteiger partial charge < -0.3 is 9.47 Å². The summed E-state index contributed by atoms with van der Waals surface area (Å²) in [5.74, 6) is 1.58. The Morgan fingerprint density at radius 1 is 1.04 bits per heavy atom. The molecule has 0 amide bonds. The molecule has 0 bridgehead atoms. The van der Waals surface area contributed by atoms with E-state index in [2.05, 4.69) is 17.0 Å². The number of likely N-dealkylation sites (tertiary alicyclic amines) is 1. The molecule has 7 nitrogen and oxygen atoms in total. The van der Waals surface area contributed by atoms with Crippen molar-refractivity contribution in [2.45, 2.75) is 25.4 Å². The van der Waals surface area contributed by atoms with Gasteiger partial charge in [0.2, 0.25) is 0 Å². The minimum Gasteiger partial charge on any atom is -0.486 e. The Bertz CT molecular complexity index is 947. The van der Waals surface area contributed by atoms with Crippen molar-refractivity contribution in [2.24, 2.45) is 14.1 Å². The van der Waals surface area contributed by atoms with Crippen LogP contribution < -0.4 is 20.7 Å². The summed E-state index contributed by atoms with van der Waals surface area (Å²) >= 11 is 0. The maximum absolute atomic E-state index is 12.2. The van der Waals surface area contributed by atoms with Crippen LogP contribution in [0.1, 0.15) is 30.1 Å². The van der Waals surface area contributed by atoms with Gasteiger partial charge in [0.25, 0.3) is 5.56 Å². The standard InChI is InChI=1S/C19H23N3O4/c1-20-14(11-18(23)21(2)19(20)24)12-22-7-3-4-15(22)13-5-6-16-17(10-13)26-9-8-25-16/h5-6,10-11,15H,3-4,7-9,12H2,1-2H3/t15-/m0/s1. The van der Waals surface area contributed by atoms with Crippen molar-refractivity contribution in [3.63, 3.8) is 0 Å². The van der Waals surface area contributed by atoms with Crippen LogP contribution in [0, 0.1) is 0 Å². The molecule has 0 saturated carbocycles. The molecule has 0 N–H and O–H groups in total. The van der Waals surface area contributed by atoms with Crippen LogP contribution in [-0.2, 0) is 20.6 Å². The van der Waals surface area contributed by atoms with Gasteiger partial charge in [0.15, 0.2) is 11.5 Å². The molecule has 26 heavy (non-hydrogen) atoms. The molecule has 1 atom stereocenters. The zero-order valence-electron chi connectivity index (χ0n) is 15.1. The monoisotopic (exact) mass is 357 g/mol. The molecular formula is C19H23N3O4. The lowest BCUT2D eigenvalue weighted by atomic mass is 10.0. The highest BCUT2D eigenvalue weighted by Gasteiger charge is 2.28. The average Bonchev–Trinajstić information content (AvgIpc) is 3.12. The lowest BCUT2D eigenvalue weighted by Gasteiger charge is -2.27. The molecule has 2 aliphatic rings. The molecule has 1 aromatic carbocycles. The second kappa shape index (κ2) is 6.64. The van der Waals surface area contributed by atoms with E-state index in [0.29, 0.717) is 19.8 Å². The highest BCUT2D eigenvalue weighted by molar-refractivity contribution is 5.44. The second-order valence-corrected chi connectivity index (χ2v) is 6.91. The van der Waals surface area contributed by atoms with Crippen LogP contribution in [0.25, 0.3) is 0 Å². The van der Waals surface area contributed by atoms with Crippen molar-refractivity contribution >= 4 is 0 Å². The largest absolute Gasteiger partial charge is 0.486 e. The van der Waals surface area contributed by atoms with Gasteiger partial charge >= 0.3 is 5.69 Å². The fraction of sp³-hybridized carbons (Fsp3) is 0.474. The summed E-state index contributed by atoms with van der Waals surface area (Å²) in [4.78, 5) is 26.5. The second-order valence-electron chi connectivity index (χ2n) is 6.91. The topological polar surface area (TPSA) is 65.7 Å². The summed E-state index contributed by atoms with van der Waals surface area (Å²) in [7, 11) is 3.22. The number of nitrogens with zero attached hydrogens (tertiary/aromatic N) is 3. The Morgan fingerprint density at radius 3 is 2.62 bits per heavy atom. The number of hydrogen-bond donors (Lipinski definition) is 0. The molecule has 0 radical (unpaired) electrons. The van der Waals surface area contributed by atoms with Gasteiger partial charge in [-0.2, -0.15) is 0 Å². The number of aromatic nitrogens is 2. The Balaban J connectivity index is 1.62. The Hall–Kier alpha value is -2.54. The van der Waals surface area contributed by atoms with Crippen LogP contribution in [0.4, 0.5) is 0 Å². The van der Waals surface area contributed by atoms with Crippen molar-refractivity contribution in [1.29, 1.82) is 0 Å². The van der Waals surface area contributed by atoms with Gasteiger partial charge in [-0.3, -0.25) is 18.8 Å². The van der Waals surface area contributed by atoms with E-state index in [4.69, 9.17) is 9.47 Å². The molecule has 1 fully saturated rings. The van der Waals surface area contributed by atoms with E-state index in [-0.39, 0.29) is 17.3 Å². The Labute approximate surface area is 151 Å². The minimum absolute atomic E-state index is 0.241. The van der Waals surface area contributed by atoms with E-state index in [1.54, 1.807) is 17.7 Å².